The molecule has 18 heavy (non-hydrogen) atoms. The Morgan fingerprint density at radius 3 is 3.00 bits per heavy atom. The van der Waals surface area contributed by atoms with Crippen LogP contribution in [-0.2, 0) is 0 Å². The fourth-order valence-electron chi connectivity index (χ4n) is 2.01. The minimum atomic E-state index is 0.0295. The van der Waals surface area contributed by atoms with Crippen LogP contribution in [0, 0.1) is 6.92 Å². The van der Waals surface area contributed by atoms with Crippen molar-refractivity contribution in [2.75, 3.05) is 12.3 Å². The van der Waals surface area contributed by atoms with Gasteiger partial charge in [-0.3, -0.25) is 4.79 Å². The Morgan fingerprint density at radius 2 is 2.33 bits per heavy atom. The third-order valence-corrected chi connectivity index (χ3v) is 5.45. The van der Waals surface area contributed by atoms with E-state index in [-0.39, 0.29) is 5.91 Å². The third kappa shape index (κ3) is 3.75. The van der Waals surface area contributed by atoms with Crippen LogP contribution in [0.15, 0.2) is 22.7 Å². The van der Waals surface area contributed by atoms with Gasteiger partial charge >= 0.3 is 0 Å². The number of carbonyl (C=O) groups excluding carboxylic acids is 1. The molecule has 1 N–H and O–H groups in total. The molecule has 2 rings (SSSR count). The van der Waals surface area contributed by atoms with Gasteiger partial charge in [-0.1, -0.05) is 28.4 Å². The molecule has 0 radical (unpaired) electrons. The van der Waals surface area contributed by atoms with Crippen LogP contribution < -0.4 is 5.32 Å². The number of carbonyl (C=O) groups is 1. The molecule has 2 nitrogen and oxygen atoms in total. The predicted octanol–water partition coefficient (Wildman–Crippen LogP) is 3.77. The molecule has 1 fully saturated rings. The maximum Gasteiger partial charge on any atom is 0.251 e. The second kappa shape index (κ2) is 6.62. The molecule has 98 valence electrons. The lowest BCUT2D eigenvalue weighted by molar-refractivity contribution is 0.0953. The summed E-state index contributed by atoms with van der Waals surface area (Å²) < 4.78 is 0.988. The fraction of sp³-hybridized carbons (Fsp3) is 0.500. The molecule has 1 aromatic rings. The minimum Gasteiger partial charge on any atom is -0.351 e. The molecule has 1 heterocycles. The fourth-order valence-corrected chi connectivity index (χ4v) is 3.63. The molecular weight excluding hydrogens is 310 g/mol. The van der Waals surface area contributed by atoms with Gasteiger partial charge in [0.15, 0.2) is 0 Å². The second-order valence-electron chi connectivity index (χ2n) is 4.66. The second-order valence-corrected chi connectivity index (χ2v) is 6.93. The van der Waals surface area contributed by atoms with Crippen LogP contribution >= 0.6 is 27.7 Å². The van der Waals surface area contributed by atoms with Gasteiger partial charge in [0, 0.05) is 21.8 Å². The van der Waals surface area contributed by atoms with Crippen molar-refractivity contribution in [3.8, 4) is 0 Å². The molecule has 1 saturated heterocycles. The summed E-state index contributed by atoms with van der Waals surface area (Å²) in [6, 6.07) is 5.73. The van der Waals surface area contributed by atoms with E-state index in [4.69, 9.17) is 0 Å². The summed E-state index contributed by atoms with van der Waals surface area (Å²) in [5.41, 5.74) is 1.88. The van der Waals surface area contributed by atoms with E-state index in [9.17, 15) is 4.79 Å². The van der Waals surface area contributed by atoms with Crippen molar-refractivity contribution in [1.29, 1.82) is 0 Å². The van der Waals surface area contributed by atoms with E-state index >= 15 is 0 Å². The molecule has 0 aliphatic carbocycles. The number of thioether (sulfide) groups is 1. The van der Waals surface area contributed by atoms with Gasteiger partial charge in [0.05, 0.1) is 0 Å². The van der Waals surface area contributed by atoms with Crippen molar-refractivity contribution in [3.63, 3.8) is 0 Å². The number of hydrogen-bond acceptors (Lipinski definition) is 2. The number of nitrogens with one attached hydrogen (secondary N) is 1. The molecule has 1 aliphatic heterocycles. The molecule has 1 aromatic carbocycles. The summed E-state index contributed by atoms with van der Waals surface area (Å²) in [5.74, 6) is 1.26. The standard InChI is InChI=1S/C14H18BrNOS/c1-10-5-6-11(8-13(10)15)14(17)16-9-12-4-2-3-7-18-12/h5-6,8,12H,2-4,7,9H2,1H3,(H,16,17). The van der Waals surface area contributed by atoms with Crippen LogP contribution in [0.1, 0.15) is 35.2 Å². The number of amides is 1. The van der Waals surface area contributed by atoms with Gasteiger partial charge in [-0.2, -0.15) is 11.8 Å². The highest BCUT2D eigenvalue weighted by atomic mass is 79.9. The van der Waals surface area contributed by atoms with E-state index in [1.807, 2.05) is 36.9 Å². The van der Waals surface area contributed by atoms with Crippen molar-refractivity contribution in [3.05, 3.63) is 33.8 Å². The Balaban J connectivity index is 1.88. The monoisotopic (exact) mass is 327 g/mol. The van der Waals surface area contributed by atoms with Gasteiger partial charge in [-0.25, -0.2) is 0 Å². The van der Waals surface area contributed by atoms with Crippen LogP contribution in [0.25, 0.3) is 0 Å². The average molecular weight is 328 g/mol. The first-order valence-corrected chi connectivity index (χ1v) is 8.17. The van der Waals surface area contributed by atoms with Gasteiger partial charge < -0.3 is 5.32 Å². The number of rotatable bonds is 3. The Kier molecular flexibility index (Phi) is 5.13. The molecule has 0 spiro atoms. The van der Waals surface area contributed by atoms with Crippen molar-refractivity contribution in [2.45, 2.75) is 31.4 Å². The third-order valence-electron chi connectivity index (χ3n) is 3.20. The lowest BCUT2D eigenvalue weighted by atomic mass is 10.1. The van der Waals surface area contributed by atoms with Crippen LogP contribution in [0.3, 0.4) is 0 Å². The number of halogens is 1. The summed E-state index contributed by atoms with van der Waals surface area (Å²) in [7, 11) is 0. The lowest BCUT2D eigenvalue weighted by Crippen LogP contribution is -2.31. The van der Waals surface area contributed by atoms with E-state index in [1.54, 1.807) is 0 Å². The van der Waals surface area contributed by atoms with E-state index in [0.717, 1.165) is 22.1 Å². The zero-order valence-corrected chi connectivity index (χ0v) is 12.9. The first-order valence-electron chi connectivity index (χ1n) is 6.33. The first-order chi connectivity index (χ1) is 8.66. The summed E-state index contributed by atoms with van der Waals surface area (Å²) in [6.45, 7) is 2.80. The Labute approximate surface area is 121 Å². The van der Waals surface area contributed by atoms with Gasteiger partial charge in [0.25, 0.3) is 5.91 Å². The Hall–Kier alpha value is -0.480. The zero-order valence-electron chi connectivity index (χ0n) is 10.5. The lowest BCUT2D eigenvalue weighted by Gasteiger charge is -2.21. The molecule has 1 unspecified atom stereocenters. The van der Waals surface area contributed by atoms with Gasteiger partial charge in [-0.15, -0.1) is 0 Å². The number of benzene rings is 1. The number of hydrogen-bond donors (Lipinski definition) is 1. The van der Waals surface area contributed by atoms with Crippen molar-refractivity contribution in [1.82, 2.24) is 5.32 Å². The summed E-state index contributed by atoms with van der Waals surface area (Å²) in [4.78, 5) is 12.0. The van der Waals surface area contributed by atoms with Crippen LogP contribution in [-0.4, -0.2) is 23.5 Å². The summed E-state index contributed by atoms with van der Waals surface area (Å²) >= 11 is 5.44. The molecule has 0 saturated carbocycles. The van der Waals surface area contributed by atoms with Crippen LogP contribution in [0.5, 0.6) is 0 Å². The largest absolute Gasteiger partial charge is 0.351 e. The van der Waals surface area contributed by atoms with Crippen LogP contribution in [0.4, 0.5) is 0 Å². The smallest absolute Gasteiger partial charge is 0.251 e. The predicted molar refractivity (Wildman–Crippen MR) is 81.3 cm³/mol. The molecule has 0 aromatic heterocycles. The highest BCUT2D eigenvalue weighted by Crippen LogP contribution is 2.24. The normalized spacial score (nSPS) is 19.6. The van der Waals surface area contributed by atoms with E-state index < -0.39 is 0 Å². The highest BCUT2D eigenvalue weighted by Gasteiger charge is 2.15. The molecule has 1 atom stereocenters. The maximum atomic E-state index is 12.0. The van der Waals surface area contributed by atoms with Gasteiger partial charge in [0.2, 0.25) is 0 Å². The highest BCUT2D eigenvalue weighted by molar-refractivity contribution is 9.10. The topological polar surface area (TPSA) is 29.1 Å². The van der Waals surface area contributed by atoms with E-state index in [0.29, 0.717) is 5.25 Å². The SMILES string of the molecule is Cc1ccc(C(=O)NCC2CCCCS2)cc1Br. The molecule has 1 aliphatic rings. The summed E-state index contributed by atoms with van der Waals surface area (Å²) in [6.07, 6.45) is 3.84. The van der Waals surface area contributed by atoms with Crippen molar-refractivity contribution >= 4 is 33.6 Å². The van der Waals surface area contributed by atoms with Gasteiger partial charge in [-0.05, 0) is 43.2 Å². The molecule has 1 amide bonds. The molecule has 4 heteroatoms. The average Bonchev–Trinajstić information content (AvgIpc) is 2.40. The van der Waals surface area contributed by atoms with Crippen molar-refractivity contribution < 1.29 is 4.79 Å². The van der Waals surface area contributed by atoms with E-state index in [2.05, 4.69) is 21.2 Å². The zero-order chi connectivity index (χ0) is 13.0. The van der Waals surface area contributed by atoms with Crippen molar-refractivity contribution in [2.24, 2.45) is 0 Å². The van der Waals surface area contributed by atoms with Gasteiger partial charge in [0.1, 0.15) is 0 Å². The quantitative estimate of drug-likeness (QED) is 0.915. The van der Waals surface area contributed by atoms with E-state index in [1.165, 1.54) is 25.0 Å². The number of aryl methyl sites for hydroxylation is 1. The Bertz CT molecular complexity index is 430. The first kappa shape index (κ1) is 13.9. The molecular formula is C14H18BrNOS. The minimum absolute atomic E-state index is 0.0295. The van der Waals surface area contributed by atoms with Crippen LogP contribution in [0.2, 0.25) is 0 Å². The Morgan fingerprint density at radius 1 is 1.50 bits per heavy atom. The maximum absolute atomic E-state index is 12.0. The summed E-state index contributed by atoms with van der Waals surface area (Å²) in [5, 5.41) is 3.63. The molecule has 0 bridgehead atoms.